The van der Waals surface area contributed by atoms with Crippen LogP contribution in [-0.2, 0) is 16.0 Å². The number of carbonyl (C=O) groups is 1. The van der Waals surface area contributed by atoms with Gasteiger partial charge in [-0.15, -0.1) is 0 Å². The van der Waals surface area contributed by atoms with E-state index in [1.54, 1.807) is 12.1 Å². The summed E-state index contributed by atoms with van der Waals surface area (Å²) in [5.74, 6) is -0.635. The Morgan fingerprint density at radius 3 is 1.96 bits per heavy atom. The second-order valence-electron chi connectivity index (χ2n) is 5.85. The largest absolute Gasteiger partial charge is 0.452 e. The Morgan fingerprint density at radius 2 is 1.38 bits per heavy atom. The Bertz CT molecular complexity index is 854. The molecular formula is C21H15FO2. The lowest BCUT2D eigenvalue weighted by Gasteiger charge is -2.15. The molecule has 0 radical (unpaired) electrons. The molecule has 0 aliphatic heterocycles. The zero-order valence-electron chi connectivity index (χ0n) is 12.9. The first-order valence-corrected chi connectivity index (χ1v) is 7.84. The molecule has 2 nitrogen and oxygen atoms in total. The summed E-state index contributed by atoms with van der Waals surface area (Å²) in [6.45, 7) is 0. The van der Waals surface area contributed by atoms with Crippen LogP contribution >= 0.6 is 0 Å². The normalized spacial score (nSPS) is 12.5. The molecule has 4 rings (SSSR count). The average Bonchev–Trinajstić information content (AvgIpc) is 2.92. The molecule has 0 fully saturated rings. The molecule has 1 aliphatic rings. The van der Waals surface area contributed by atoms with Gasteiger partial charge in [0.05, 0.1) is 6.42 Å². The van der Waals surface area contributed by atoms with Crippen LogP contribution in [0.15, 0.2) is 72.8 Å². The molecule has 3 aromatic rings. The molecule has 0 heterocycles. The van der Waals surface area contributed by atoms with Crippen molar-refractivity contribution in [1.29, 1.82) is 0 Å². The van der Waals surface area contributed by atoms with Crippen molar-refractivity contribution in [2.24, 2.45) is 0 Å². The fourth-order valence-corrected chi connectivity index (χ4v) is 3.18. The molecule has 0 amide bonds. The molecular weight excluding hydrogens is 303 g/mol. The van der Waals surface area contributed by atoms with Gasteiger partial charge in [0.2, 0.25) is 0 Å². The van der Waals surface area contributed by atoms with Gasteiger partial charge in [-0.05, 0) is 28.8 Å². The van der Waals surface area contributed by atoms with E-state index in [1.165, 1.54) is 12.1 Å². The van der Waals surface area contributed by atoms with Crippen LogP contribution in [0.5, 0.6) is 0 Å². The number of rotatable bonds is 3. The summed E-state index contributed by atoms with van der Waals surface area (Å²) in [5.41, 5.74) is 4.96. The van der Waals surface area contributed by atoms with Gasteiger partial charge in [-0.3, -0.25) is 4.79 Å². The quantitative estimate of drug-likeness (QED) is 0.655. The average molecular weight is 318 g/mol. The highest BCUT2D eigenvalue weighted by molar-refractivity contribution is 5.80. The smallest absolute Gasteiger partial charge is 0.311 e. The Hall–Kier alpha value is -2.94. The molecule has 0 saturated carbocycles. The van der Waals surface area contributed by atoms with E-state index in [-0.39, 0.29) is 24.3 Å². The third-order valence-corrected chi connectivity index (χ3v) is 4.29. The number of halogens is 1. The van der Waals surface area contributed by atoms with Crippen molar-refractivity contribution >= 4 is 5.97 Å². The highest BCUT2D eigenvalue weighted by atomic mass is 19.1. The molecule has 0 bridgehead atoms. The Kier molecular flexibility index (Phi) is 3.62. The lowest BCUT2D eigenvalue weighted by atomic mass is 10.1. The minimum atomic E-state index is -0.384. The van der Waals surface area contributed by atoms with Crippen molar-refractivity contribution in [2.75, 3.05) is 0 Å². The molecule has 118 valence electrons. The van der Waals surface area contributed by atoms with Crippen LogP contribution in [0, 0.1) is 5.82 Å². The van der Waals surface area contributed by atoms with E-state index in [0.29, 0.717) is 0 Å². The van der Waals surface area contributed by atoms with Gasteiger partial charge in [-0.2, -0.15) is 0 Å². The maximum atomic E-state index is 13.0. The zero-order valence-corrected chi connectivity index (χ0v) is 12.9. The van der Waals surface area contributed by atoms with Gasteiger partial charge in [0, 0.05) is 11.1 Å². The maximum Gasteiger partial charge on any atom is 0.311 e. The molecule has 0 N–H and O–H groups in total. The summed E-state index contributed by atoms with van der Waals surface area (Å²) in [7, 11) is 0. The maximum absolute atomic E-state index is 13.0. The van der Waals surface area contributed by atoms with Crippen molar-refractivity contribution in [3.8, 4) is 11.1 Å². The van der Waals surface area contributed by atoms with Gasteiger partial charge >= 0.3 is 5.97 Å². The topological polar surface area (TPSA) is 26.3 Å². The SMILES string of the molecule is O=C(Cc1ccc(F)cc1)OC1c2ccccc2-c2ccccc21. The molecule has 0 atom stereocenters. The second-order valence-corrected chi connectivity index (χ2v) is 5.85. The van der Waals surface area contributed by atoms with E-state index in [0.717, 1.165) is 27.8 Å². The highest BCUT2D eigenvalue weighted by Crippen LogP contribution is 2.45. The molecule has 0 unspecified atom stereocenters. The van der Waals surface area contributed by atoms with Crippen molar-refractivity contribution in [1.82, 2.24) is 0 Å². The standard InChI is InChI=1S/C21H15FO2/c22-15-11-9-14(10-12-15)13-20(23)24-21-18-7-3-1-5-16(18)17-6-2-4-8-19(17)21/h1-12,21H,13H2. The number of esters is 1. The van der Waals surface area contributed by atoms with E-state index in [9.17, 15) is 9.18 Å². The van der Waals surface area contributed by atoms with Gasteiger partial charge in [0.25, 0.3) is 0 Å². The van der Waals surface area contributed by atoms with Gasteiger partial charge in [0.15, 0.2) is 6.10 Å². The van der Waals surface area contributed by atoms with Gasteiger partial charge < -0.3 is 4.74 Å². The van der Waals surface area contributed by atoms with Crippen LogP contribution in [0.2, 0.25) is 0 Å². The fraction of sp³-hybridized carbons (Fsp3) is 0.0952. The van der Waals surface area contributed by atoms with Crippen LogP contribution in [-0.4, -0.2) is 5.97 Å². The van der Waals surface area contributed by atoms with Crippen molar-refractivity contribution < 1.29 is 13.9 Å². The van der Waals surface area contributed by atoms with E-state index >= 15 is 0 Å². The van der Waals surface area contributed by atoms with Crippen LogP contribution in [0.4, 0.5) is 4.39 Å². The Morgan fingerprint density at radius 1 is 0.833 bits per heavy atom. The summed E-state index contributed by atoms with van der Waals surface area (Å²) < 4.78 is 18.7. The summed E-state index contributed by atoms with van der Waals surface area (Å²) in [6, 6.07) is 21.8. The number of benzene rings is 3. The predicted octanol–water partition coefficient (Wildman–Crippen LogP) is 4.68. The first-order chi connectivity index (χ1) is 11.7. The lowest BCUT2D eigenvalue weighted by Crippen LogP contribution is -2.13. The molecule has 3 heteroatoms. The van der Waals surface area contributed by atoms with Crippen molar-refractivity contribution in [3.63, 3.8) is 0 Å². The van der Waals surface area contributed by atoms with Gasteiger partial charge in [-0.25, -0.2) is 4.39 Å². The number of hydrogen-bond donors (Lipinski definition) is 0. The number of hydrogen-bond acceptors (Lipinski definition) is 2. The van der Waals surface area contributed by atoms with Crippen LogP contribution in [0.3, 0.4) is 0 Å². The minimum Gasteiger partial charge on any atom is -0.452 e. The molecule has 0 aromatic heterocycles. The summed E-state index contributed by atoms with van der Waals surface area (Å²) >= 11 is 0. The Labute approximate surface area is 139 Å². The van der Waals surface area contributed by atoms with Gasteiger partial charge in [-0.1, -0.05) is 60.7 Å². The second kappa shape index (κ2) is 5.93. The molecule has 1 aliphatic carbocycles. The first kappa shape index (κ1) is 14.6. The van der Waals surface area contributed by atoms with Crippen LogP contribution < -0.4 is 0 Å². The summed E-state index contributed by atoms with van der Waals surface area (Å²) in [5, 5.41) is 0. The predicted molar refractivity (Wildman–Crippen MR) is 89.9 cm³/mol. The van der Waals surface area contributed by atoms with Gasteiger partial charge in [0.1, 0.15) is 5.82 Å². The number of fused-ring (bicyclic) bond motifs is 3. The van der Waals surface area contributed by atoms with Crippen LogP contribution in [0.1, 0.15) is 22.8 Å². The Balaban J connectivity index is 1.60. The lowest BCUT2D eigenvalue weighted by molar-refractivity contribution is -0.146. The fourth-order valence-electron chi connectivity index (χ4n) is 3.18. The van der Waals surface area contributed by atoms with Crippen LogP contribution in [0.25, 0.3) is 11.1 Å². The molecule has 0 saturated heterocycles. The van der Waals surface area contributed by atoms with E-state index < -0.39 is 0 Å². The van der Waals surface area contributed by atoms with E-state index in [2.05, 4.69) is 0 Å². The first-order valence-electron chi connectivity index (χ1n) is 7.84. The number of ether oxygens (including phenoxy) is 1. The molecule has 3 aromatic carbocycles. The van der Waals surface area contributed by atoms with E-state index in [1.807, 2.05) is 48.5 Å². The number of carbonyl (C=O) groups excluding carboxylic acids is 1. The third kappa shape index (κ3) is 2.58. The van der Waals surface area contributed by atoms with E-state index in [4.69, 9.17) is 4.74 Å². The molecule has 0 spiro atoms. The van der Waals surface area contributed by atoms with Crippen molar-refractivity contribution in [2.45, 2.75) is 12.5 Å². The summed E-state index contributed by atoms with van der Waals surface area (Å²) in [4.78, 5) is 12.4. The van der Waals surface area contributed by atoms with Crippen molar-refractivity contribution in [3.05, 3.63) is 95.3 Å². The minimum absolute atomic E-state index is 0.126. The highest BCUT2D eigenvalue weighted by Gasteiger charge is 2.30. The third-order valence-electron chi connectivity index (χ3n) is 4.29. The molecule has 24 heavy (non-hydrogen) atoms. The zero-order chi connectivity index (χ0) is 16.5. The monoisotopic (exact) mass is 318 g/mol. The summed E-state index contributed by atoms with van der Waals surface area (Å²) in [6.07, 6.45) is -0.258.